The Morgan fingerprint density at radius 1 is 1.31 bits per heavy atom. The molecule has 0 spiro atoms. The lowest BCUT2D eigenvalue weighted by Gasteiger charge is -2.07. The van der Waals surface area contributed by atoms with E-state index in [1.54, 1.807) is 49.6 Å². The minimum Gasteiger partial charge on any atom is -0.497 e. The summed E-state index contributed by atoms with van der Waals surface area (Å²) in [6, 6.07) is 14.3. The van der Waals surface area contributed by atoms with Gasteiger partial charge in [-0.3, -0.25) is 4.79 Å². The Morgan fingerprint density at radius 3 is 2.62 bits per heavy atom. The Hall–Kier alpha value is -2.79. The summed E-state index contributed by atoms with van der Waals surface area (Å²) in [6.45, 7) is 4.03. The number of carbonyl (C=O) groups excluding carboxylic acids is 1. The van der Waals surface area contributed by atoms with Crippen molar-refractivity contribution in [1.29, 1.82) is 5.26 Å². The summed E-state index contributed by atoms with van der Waals surface area (Å²) in [5, 5.41) is 12.0. The third-order valence-corrected chi connectivity index (χ3v) is 4.18. The molecule has 0 atom stereocenters. The van der Waals surface area contributed by atoms with E-state index in [0.717, 1.165) is 14.9 Å². The minimum absolute atomic E-state index is 0.0105. The number of carbonyl (C=O) groups is 1. The normalized spacial score (nSPS) is 10.6. The van der Waals surface area contributed by atoms with Crippen molar-refractivity contribution >= 4 is 40.3 Å². The van der Waals surface area contributed by atoms with Crippen molar-refractivity contribution in [2.75, 3.05) is 19.0 Å². The number of benzene rings is 2. The van der Waals surface area contributed by atoms with E-state index in [9.17, 15) is 10.1 Å². The van der Waals surface area contributed by atoms with Crippen LogP contribution in [0.15, 0.2) is 60.7 Å². The quantitative estimate of drug-likeness (QED) is 0.288. The van der Waals surface area contributed by atoms with E-state index >= 15 is 0 Å². The minimum atomic E-state index is -0.473. The average molecular weight is 460 g/mol. The highest BCUT2D eigenvalue weighted by atomic mass is 127. The number of anilines is 1. The molecule has 0 bridgehead atoms. The van der Waals surface area contributed by atoms with Gasteiger partial charge >= 0.3 is 0 Å². The first kappa shape index (κ1) is 19.5. The second-order valence-corrected chi connectivity index (χ2v) is 6.30. The number of nitriles is 1. The van der Waals surface area contributed by atoms with Crippen LogP contribution in [0.1, 0.15) is 5.56 Å². The Labute approximate surface area is 166 Å². The van der Waals surface area contributed by atoms with Gasteiger partial charge in [0.15, 0.2) is 0 Å². The van der Waals surface area contributed by atoms with Crippen LogP contribution in [0.2, 0.25) is 0 Å². The van der Waals surface area contributed by atoms with E-state index in [2.05, 4.69) is 34.5 Å². The molecule has 2 aromatic rings. The fourth-order valence-electron chi connectivity index (χ4n) is 2.06. The zero-order valence-electron chi connectivity index (χ0n) is 14.2. The number of amides is 1. The molecule has 0 radical (unpaired) electrons. The molecule has 0 aliphatic heterocycles. The van der Waals surface area contributed by atoms with E-state index in [1.165, 1.54) is 6.08 Å². The molecule has 0 aliphatic rings. The monoisotopic (exact) mass is 460 g/mol. The van der Waals surface area contributed by atoms with Crippen molar-refractivity contribution in [3.63, 3.8) is 0 Å². The number of halogens is 1. The van der Waals surface area contributed by atoms with Crippen LogP contribution in [0.3, 0.4) is 0 Å². The summed E-state index contributed by atoms with van der Waals surface area (Å²) in [7, 11) is 1.57. The Bertz CT molecular complexity index is 868. The van der Waals surface area contributed by atoms with Gasteiger partial charge in [0, 0.05) is 5.69 Å². The highest BCUT2D eigenvalue weighted by Gasteiger charge is 2.10. The fraction of sp³-hybridized carbons (Fsp3) is 0.100. The molecule has 1 N–H and O–H groups in total. The standard InChI is InChI=1S/C20H17IN2O3/c1-3-10-26-19-9-4-14(12-18(19)21)11-15(13-22)20(24)23-16-5-7-17(25-2)8-6-16/h3-9,11-12H,1,10H2,2H3,(H,23,24)/b15-11-. The molecule has 0 unspecified atom stereocenters. The van der Waals surface area contributed by atoms with Crippen LogP contribution >= 0.6 is 22.6 Å². The van der Waals surface area contributed by atoms with E-state index in [4.69, 9.17) is 9.47 Å². The Balaban J connectivity index is 2.15. The molecule has 1 amide bonds. The molecule has 2 rings (SSSR count). The number of hydrogen-bond donors (Lipinski definition) is 1. The molecule has 2 aromatic carbocycles. The second-order valence-electron chi connectivity index (χ2n) is 5.14. The van der Waals surface area contributed by atoms with Crippen LogP contribution in [-0.4, -0.2) is 19.6 Å². The molecule has 0 aliphatic carbocycles. The maximum atomic E-state index is 12.3. The number of nitrogens with one attached hydrogen (secondary N) is 1. The van der Waals surface area contributed by atoms with Gasteiger partial charge < -0.3 is 14.8 Å². The van der Waals surface area contributed by atoms with Crippen LogP contribution < -0.4 is 14.8 Å². The number of nitrogens with zero attached hydrogens (tertiary/aromatic N) is 1. The number of rotatable bonds is 7. The summed E-state index contributed by atoms with van der Waals surface area (Å²) >= 11 is 2.14. The van der Waals surface area contributed by atoms with Crippen molar-refractivity contribution < 1.29 is 14.3 Å². The van der Waals surface area contributed by atoms with Gasteiger partial charge in [0.05, 0.1) is 10.7 Å². The van der Waals surface area contributed by atoms with E-state index < -0.39 is 5.91 Å². The van der Waals surface area contributed by atoms with Crippen LogP contribution in [0.4, 0.5) is 5.69 Å². The van der Waals surface area contributed by atoms with Crippen molar-refractivity contribution in [2.24, 2.45) is 0 Å². The SMILES string of the molecule is C=CCOc1ccc(/C=C(/C#N)C(=O)Nc2ccc(OC)cc2)cc1I. The molecule has 26 heavy (non-hydrogen) atoms. The Kier molecular flexibility index (Phi) is 7.24. The zero-order chi connectivity index (χ0) is 18.9. The van der Waals surface area contributed by atoms with Crippen LogP contribution in [0, 0.1) is 14.9 Å². The highest BCUT2D eigenvalue weighted by Crippen LogP contribution is 2.23. The molecular weight excluding hydrogens is 443 g/mol. The molecular formula is C20H17IN2O3. The van der Waals surface area contributed by atoms with Crippen LogP contribution in [-0.2, 0) is 4.79 Å². The summed E-state index contributed by atoms with van der Waals surface area (Å²) in [6.07, 6.45) is 3.21. The van der Waals surface area contributed by atoms with Crippen molar-refractivity contribution in [3.05, 3.63) is 69.8 Å². The molecule has 6 heteroatoms. The number of hydrogen-bond acceptors (Lipinski definition) is 4. The van der Waals surface area contributed by atoms with Gasteiger partial charge in [0.25, 0.3) is 5.91 Å². The topological polar surface area (TPSA) is 71.3 Å². The lowest BCUT2D eigenvalue weighted by atomic mass is 10.1. The third kappa shape index (κ3) is 5.36. The lowest BCUT2D eigenvalue weighted by Crippen LogP contribution is -2.13. The van der Waals surface area contributed by atoms with Gasteiger partial charge in [0.2, 0.25) is 0 Å². The molecule has 0 heterocycles. The van der Waals surface area contributed by atoms with Gasteiger partial charge in [-0.05, 0) is 70.6 Å². The summed E-state index contributed by atoms with van der Waals surface area (Å²) in [5.41, 5.74) is 1.33. The van der Waals surface area contributed by atoms with E-state index in [1.807, 2.05) is 12.1 Å². The molecule has 132 valence electrons. The van der Waals surface area contributed by atoms with Crippen LogP contribution in [0.5, 0.6) is 11.5 Å². The highest BCUT2D eigenvalue weighted by molar-refractivity contribution is 14.1. The molecule has 0 aromatic heterocycles. The lowest BCUT2D eigenvalue weighted by molar-refractivity contribution is -0.112. The van der Waals surface area contributed by atoms with Gasteiger partial charge in [-0.1, -0.05) is 18.7 Å². The smallest absolute Gasteiger partial charge is 0.266 e. The first-order chi connectivity index (χ1) is 12.6. The molecule has 0 saturated carbocycles. The van der Waals surface area contributed by atoms with Crippen LogP contribution in [0.25, 0.3) is 6.08 Å². The molecule has 0 saturated heterocycles. The second kappa shape index (κ2) is 9.63. The zero-order valence-corrected chi connectivity index (χ0v) is 16.3. The van der Waals surface area contributed by atoms with E-state index in [0.29, 0.717) is 18.0 Å². The predicted molar refractivity (Wildman–Crippen MR) is 110 cm³/mol. The van der Waals surface area contributed by atoms with Gasteiger partial charge in [-0.2, -0.15) is 5.26 Å². The molecule has 0 fully saturated rings. The number of ether oxygens (including phenoxy) is 2. The fourth-order valence-corrected chi connectivity index (χ4v) is 2.76. The maximum absolute atomic E-state index is 12.3. The Morgan fingerprint density at radius 2 is 2.04 bits per heavy atom. The van der Waals surface area contributed by atoms with Gasteiger partial charge in [-0.15, -0.1) is 0 Å². The number of methoxy groups -OCH3 is 1. The van der Waals surface area contributed by atoms with Crippen molar-refractivity contribution in [2.45, 2.75) is 0 Å². The summed E-state index contributed by atoms with van der Waals surface area (Å²) in [5.74, 6) is 0.941. The van der Waals surface area contributed by atoms with Crippen molar-refractivity contribution in [1.82, 2.24) is 0 Å². The third-order valence-electron chi connectivity index (χ3n) is 3.34. The summed E-state index contributed by atoms with van der Waals surface area (Å²) in [4.78, 5) is 12.3. The first-order valence-electron chi connectivity index (χ1n) is 7.68. The predicted octanol–water partition coefficient (Wildman–Crippen LogP) is 4.41. The first-order valence-corrected chi connectivity index (χ1v) is 8.75. The van der Waals surface area contributed by atoms with Gasteiger partial charge in [-0.25, -0.2) is 0 Å². The maximum Gasteiger partial charge on any atom is 0.266 e. The molecule has 5 nitrogen and oxygen atoms in total. The van der Waals surface area contributed by atoms with E-state index in [-0.39, 0.29) is 5.57 Å². The summed E-state index contributed by atoms with van der Waals surface area (Å²) < 4.78 is 11.5. The van der Waals surface area contributed by atoms with Crippen molar-refractivity contribution in [3.8, 4) is 17.6 Å². The average Bonchev–Trinajstić information content (AvgIpc) is 2.66. The van der Waals surface area contributed by atoms with Gasteiger partial charge in [0.1, 0.15) is 29.7 Å². The largest absolute Gasteiger partial charge is 0.497 e.